The van der Waals surface area contributed by atoms with Crippen molar-refractivity contribution in [3.05, 3.63) is 29.3 Å². The van der Waals surface area contributed by atoms with Crippen LogP contribution in [0, 0.1) is 11.8 Å². The summed E-state index contributed by atoms with van der Waals surface area (Å²) in [6, 6.07) is 7.32. The zero-order valence-electron chi connectivity index (χ0n) is 14.6. The molecule has 2 atom stereocenters. The standard InChI is InChI=1S/C18H22ClN5OS/c19-15-5-7-16(8-6-15)24-18(20-21-22-24)26-12-17(25)23-10-9-13-3-1-2-4-14(13)11-23/h5-8,13-14H,1-4,9-12H2/t13-,14-/m0/s1. The molecule has 2 heterocycles. The monoisotopic (exact) mass is 391 g/mol. The molecule has 1 amide bonds. The third kappa shape index (κ3) is 3.88. The predicted molar refractivity (Wildman–Crippen MR) is 102 cm³/mol. The van der Waals surface area contributed by atoms with Crippen LogP contribution in [0.2, 0.25) is 5.02 Å². The summed E-state index contributed by atoms with van der Waals surface area (Å²) in [7, 11) is 0. The normalized spacial score (nSPS) is 22.9. The molecule has 138 valence electrons. The summed E-state index contributed by atoms with van der Waals surface area (Å²) in [4.78, 5) is 14.7. The van der Waals surface area contributed by atoms with Crippen LogP contribution >= 0.6 is 23.4 Å². The smallest absolute Gasteiger partial charge is 0.233 e. The molecular formula is C18H22ClN5OS. The van der Waals surface area contributed by atoms with Crippen molar-refractivity contribution in [1.82, 2.24) is 25.1 Å². The molecule has 1 aliphatic carbocycles. The minimum absolute atomic E-state index is 0.185. The van der Waals surface area contributed by atoms with Gasteiger partial charge in [-0.05, 0) is 59.4 Å². The molecule has 1 saturated heterocycles. The van der Waals surface area contributed by atoms with Crippen molar-refractivity contribution < 1.29 is 4.79 Å². The number of carbonyl (C=O) groups excluding carboxylic acids is 1. The molecule has 0 unspecified atom stereocenters. The van der Waals surface area contributed by atoms with Crippen molar-refractivity contribution in [3.8, 4) is 5.69 Å². The number of hydrogen-bond donors (Lipinski definition) is 0. The van der Waals surface area contributed by atoms with E-state index in [1.54, 1.807) is 16.8 Å². The minimum atomic E-state index is 0.185. The molecular weight excluding hydrogens is 370 g/mol. The number of likely N-dealkylation sites (tertiary alicyclic amines) is 1. The van der Waals surface area contributed by atoms with E-state index < -0.39 is 0 Å². The van der Waals surface area contributed by atoms with Gasteiger partial charge >= 0.3 is 0 Å². The highest BCUT2D eigenvalue weighted by Crippen LogP contribution is 2.36. The van der Waals surface area contributed by atoms with Crippen molar-refractivity contribution >= 4 is 29.3 Å². The van der Waals surface area contributed by atoms with E-state index >= 15 is 0 Å². The van der Waals surface area contributed by atoms with E-state index in [2.05, 4.69) is 15.5 Å². The van der Waals surface area contributed by atoms with E-state index in [-0.39, 0.29) is 5.91 Å². The van der Waals surface area contributed by atoms with Crippen molar-refractivity contribution in [2.45, 2.75) is 37.3 Å². The molecule has 0 radical (unpaired) electrons. The number of rotatable bonds is 4. The number of piperidine rings is 1. The van der Waals surface area contributed by atoms with Crippen molar-refractivity contribution in [2.24, 2.45) is 11.8 Å². The Morgan fingerprint density at radius 1 is 1.15 bits per heavy atom. The number of aromatic nitrogens is 4. The molecule has 1 saturated carbocycles. The Bertz CT molecular complexity index is 765. The first kappa shape index (κ1) is 17.8. The fraction of sp³-hybridized carbons (Fsp3) is 0.556. The van der Waals surface area contributed by atoms with E-state index in [1.165, 1.54) is 37.4 Å². The van der Waals surface area contributed by atoms with Gasteiger partial charge in [0.25, 0.3) is 0 Å². The van der Waals surface area contributed by atoms with Gasteiger partial charge in [-0.25, -0.2) is 0 Å². The first-order chi connectivity index (χ1) is 12.7. The molecule has 2 aliphatic rings. The zero-order chi connectivity index (χ0) is 17.9. The van der Waals surface area contributed by atoms with Gasteiger partial charge in [0, 0.05) is 18.1 Å². The summed E-state index contributed by atoms with van der Waals surface area (Å²) in [5.74, 6) is 2.08. The van der Waals surface area contributed by atoms with Gasteiger partial charge in [-0.1, -0.05) is 42.6 Å². The zero-order valence-corrected chi connectivity index (χ0v) is 16.1. The summed E-state index contributed by atoms with van der Waals surface area (Å²) in [6.07, 6.45) is 6.45. The highest BCUT2D eigenvalue weighted by Gasteiger charge is 2.32. The molecule has 1 aliphatic heterocycles. The average Bonchev–Trinajstić information content (AvgIpc) is 3.15. The van der Waals surface area contributed by atoms with Crippen molar-refractivity contribution in [1.29, 1.82) is 0 Å². The maximum absolute atomic E-state index is 12.7. The molecule has 6 nitrogen and oxygen atoms in total. The van der Waals surface area contributed by atoms with Gasteiger partial charge in [0.15, 0.2) is 0 Å². The Hall–Kier alpha value is -1.60. The summed E-state index contributed by atoms with van der Waals surface area (Å²) < 4.78 is 1.64. The average molecular weight is 392 g/mol. The van der Waals surface area contributed by atoms with Gasteiger partial charge in [0.1, 0.15) is 0 Å². The highest BCUT2D eigenvalue weighted by molar-refractivity contribution is 7.99. The lowest BCUT2D eigenvalue weighted by molar-refractivity contribution is -0.131. The number of benzene rings is 1. The quantitative estimate of drug-likeness (QED) is 0.747. The van der Waals surface area contributed by atoms with Crippen LogP contribution in [0.1, 0.15) is 32.1 Å². The number of nitrogens with zero attached hydrogens (tertiary/aromatic N) is 5. The van der Waals surface area contributed by atoms with Crippen LogP contribution in [0.15, 0.2) is 29.4 Å². The number of halogens is 1. The SMILES string of the molecule is O=C(CSc1nnnn1-c1ccc(Cl)cc1)N1CC[C@@H]2CCCC[C@H]2C1. The largest absolute Gasteiger partial charge is 0.342 e. The van der Waals surface area contributed by atoms with Gasteiger partial charge in [-0.3, -0.25) is 4.79 Å². The maximum atomic E-state index is 12.7. The molecule has 8 heteroatoms. The summed E-state index contributed by atoms with van der Waals surface area (Å²) in [6.45, 7) is 1.81. The molecule has 1 aromatic heterocycles. The molecule has 2 fully saturated rings. The maximum Gasteiger partial charge on any atom is 0.233 e. The number of hydrogen-bond acceptors (Lipinski definition) is 5. The highest BCUT2D eigenvalue weighted by atomic mass is 35.5. The van der Waals surface area contributed by atoms with Gasteiger partial charge in [0.05, 0.1) is 11.4 Å². The third-order valence-corrected chi connectivity index (χ3v) is 6.64. The molecule has 0 N–H and O–H groups in total. The van der Waals surface area contributed by atoms with E-state index in [9.17, 15) is 4.79 Å². The first-order valence-corrected chi connectivity index (χ1v) is 10.5. The predicted octanol–water partition coefficient (Wildman–Crippen LogP) is 3.45. The van der Waals surface area contributed by atoms with Gasteiger partial charge in [-0.15, -0.1) is 5.10 Å². The minimum Gasteiger partial charge on any atom is -0.342 e. The van der Waals surface area contributed by atoms with Crippen LogP contribution < -0.4 is 0 Å². The van der Waals surface area contributed by atoms with Crippen LogP contribution in [-0.4, -0.2) is 49.9 Å². The second-order valence-corrected chi connectivity index (χ2v) is 8.45. The second-order valence-electron chi connectivity index (χ2n) is 7.07. The number of amides is 1. The van der Waals surface area contributed by atoms with E-state index in [4.69, 9.17) is 11.6 Å². The lowest BCUT2D eigenvalue weighted by Gasteiger charge is -2.41. The van der Waals surface area contributed by atoms with Crippen LogP contribution in [-0.2, 0) is 4.79 Å². The third-order valence-electron chi connectivity index (χ3n) is 5.48. The fourth-order valence-corrected chi connectivity index (χ4v) is 4.98. The lowest BCUT2D eigenvalue weighted by Crippen LogP contribution is -2.45. The van der Waals surface area contributed by atoms with Crippen LogP contribution in [0.25, 0.3) is 5.69 Å². The van der Waals surface area contributed by atoms with E-state index in [0.717, 1.165) is 31.1 Å². The molecule has 4 rings (SSSR count). The van der Waals surface area contributed by atoms with E-state index in [0.29, 0.717) is 21.8 Å². The Morgan fingerprint density at radius 3 is 2.73 bits per heavy atom. The topological polar surface area (TPSA) is 63.9 Å². The summed E-state index contributed by atoms with van der Waals surface area (Å²) in [5, 5.41) is 13.1. The summed E-state index contributed by atoms with van der Waals surface area (Å²) in [5.41, 5.74) is 0.831. The number of tetrazole rings is 1. The van der Waals surface area contributed by atoms with Crippen molar-refractivity contribution in [3.63, 3.8) is 0 Å². The Kier molecular flexibility index (Phi) is 5.45. The number of fused-ring (bicyclic) bond motifs is 1. The van der Waals surface area contributed by atoms with E-state index in [1.807, 2.05) is 17.0 Å². The number of carbonyl (C=O) groups is 1. The van der Waals surface area contributed by atoms with Crippen LogP contribution in [0.3, 0.4) is 0 Å². The molecule has 26 heavy (non-hydrogen) atoms. The Morgan fingerprint density at radius 2 is 1.92 bits per heavy atom. The molecule has 2 aromatic rings. The van der Waals surface area contributed by atoms with Crippen LogP contribution in [0.5, 0.6) is 0 Å². The molecule has 1 aromatic carbocycles. The lowest BCUT2D eigenvalue weighted by atomic mass is 9.75. The van der Waals surface area contributed by atoms with Crippen LogP contribution in [0.4, 0.5) is 0 Å². The Balaban J connectivity index is 1.36. The molecule has 0 bridgehead atoms. The summed E-state index contributed by atoms with van der Waals surface area (Å²) >= 11 is 7.32. The number of thioether (sulfide) groups is 1. The molecule has 0 spiro atoms. The van der Waals surface area contributed by atoms with Gasteiger partial charge in [-0.2, -0.15) is 4.68 Å². The Labute approximate surface area is 162 Å². The second kappa shape index (κ2) is 7.96. The van der Waals surface area contributed by atoms with Gasteiger partial charge < -0.3 is 4.90 Å². The van der Waals surface area contributed by atoms with Gasteiger partial charge in [0.2, 0.25) is 11.1 Å². The fourth-order valence-electron chi connectivity index (χ4n) is 4.06. The first-order valence-electron chi connectivity index (χ1n) is 9.15. The van der Waals surface area contributed by atoms with Crippen molar-refractivity contribution in [2.75, 3.05) is 18.8 Å².